The minimum Gasteiger partial charge on any atom is -0.477 e. The molecule has 1 saturated heterocycles. The minimum absolute atomic E-state index is 0.140. The number of rotatable bonds is 9. The molecule has 0 aliphatic carbocycles. The first-order valence-corrected chi connectivity index (χ1v) is 9.83. The molecule has 28 heavy (non-hydrogen) atoms. The molecule has 0 spiro atoms. The lowest BCUT2D eigenvalue weighted by molar-refractivity contribution is -0.148. The van der Waals surface area contributed by atoms with Crippen LogP contribution >= 0.6 is 11.3 Å². The molecular formula is C20H23F2NO4S. The first kappa shape index (κ1) is 22.1. The van der Waals surface area contributed by atoms with Crippen LogP contribution in [0.25, 0.3) is 0 Å². The molecule has 1 aromatic heterocycles. The van der Waals surface area contributed by atoms with Gasteiger partial charge in [-0.3, -0.25) is 4.79 Å². The van der Waals surface area contributed by atoms with E-state index in [0.29, 0.717) is 25.7 Å². The summed E-state index contributed by atoms with van der Waals surface area (Å²) in [6.45, 7) is 1.84. The number of carboxylic acid groups (broad SMARTS) is 1. The van der Waals surface area contributed by atoms with Crippen LogP contribution in [0.3, 0.4) is 0 Å². The SMILES string of the molecule is CC#CCC[C@H](O)C=C[C@H]1CC(F)(F)C(=O)N1CCCc1ccc(C(=O)O)s1. The molecule has 2 atom stereocenters. The van der Waals surface area contributed by atoms with E-state index in [1.54, 1.807) is 13.0 Å². The predicted octanol–water partition coefficient (Wildman–Crippen LogP) is 3.34. The van der Waals surface area contributed by atoms with Gasteiger partial charge in [0.05, 0.1) is 12.1 Å². The lowest BCUT2D eigenvalue weighted by Gasteiger charge is -2.21. The van der Waals surface area contributed by atoms with Crippen LogP contribution in [0.4, 0.5) is 8.78 Å². The number of aromatic carboxylic acids is 1. The highest BCUT2D eigenvalue weighted by molar-refractivity contribution is 7.13. The van der Waals surface area contributed by atoms with Crippen LogP contribution in [0.1, 0.15) is 47.2 Å². The monoisotopic (exact) mass is 411 g/mol. The first-order valence-electron chi connectivity index (χ1n) is 9.01. The molecule has 1 amide bonds. The number of halogens is 2. The molecule has 0 unspecified atom stereocenters. The molecule has 0 bridgehead atoms. The van der Waals surface area contributed by atoms with Crippen molar-refractivity contribution in [2.75, 3.05) is 6.54 Å². The number of alkyl halides is 2. The second-order valence-electron chi connectivity index (χ2n) is 6.57. The van der Waals surface area contributed by atoms with E-state index < -0.39 is 36.4 Å². The third-order valence-corrected chi connectivity index (χ3v) is 5.56. The Morgan fingerprint density at radius 2 is 2.25 bits per heavy atom. The summed E-state index contributed by atoms with van der Waals surface area (Å²) in [5.74, 6) is -0.0700. The Balaban J connectivity index is 1.94. The van der Waals surface area contributed by atoms with Crippen LogP contribution in [0.15, 0.2) is 24.3 Å². The predicted molar refractivity (Wildman–Crippen MR) is 102 cm³/mol. The molecule has 2 N–H and O–H groups in total. The van der Waals surface area contributed by atoms with E-state index in [-0.39, 0.29) is 11.4 Å². The van der Waals surface area contributed by atoms with Crippen molar-refractivity contribution in [3.8, 4) is 11.8 Å². The van der Waals surface area contributed by atoms with Gasteiger partial charge in [0.2, 0.25) is 0 Å². The smallest absolute Gasteiger partial charge is 0.345 e. The number of likely N-dealkylation sites (tertiary alicyclic amines) is 1. The number of thiophene rings is 1. The van der Waals surface area contributed by atoms with Gasteiger partial charge in [0.15, 0.2) is 0 Å². The van der Waals surface area contributed by atoms with E-state index in [1.165, 1.54) is 18.2 Å². The van der Waals surface area contributed by atoms with Crippen molar-refractivity contribution < 1.29 is 28.6 Å². The molecular weight excluding hydrogens is 388 g/mol. The Kier molecular flexibility index (Phi) is 7.72. The summed E-state index contributed by atoms with van der Waals surface area (Å²) >= 11 is 1.14. The number of aliphatic hydroxyl groups excluding tert-OH is 1. The highest BCUT2D eigenvalue weighted by Crippen LogP contribution is 2.34. The molecule has 0 aromatic carbocycles. The van der Waals surface area contributed by atoms with Gasteiger partial charge < -0.3 is 15.1 Å². The van der Waals surface area contributed by atoms with Crippen molar-refractivity contribution in [2.45, 2.75) is 57.1 Å². The number of carbonyl (C=O) groups is 2. The molecule has 5 nitrogen and oxygen atoms in total. The van der Waals surface area contributed by atoms with Crippen molar-refractivity contribution in [2.24, 2.45) is 0 Å². The summed E-state index contributed by atoms with van der Waals surface area (Å²) in [6.07, 6.45) is 3.36. The van der Waals surface area contributed by atoms with Crippen molar-refractivity contribution in [1.82, 2.24) is 4.90 Å². The van der Waals surface area contributed by atoms with Gasteiger partial charge in [-0.25, -0.2) is 4.79 Å². The van der Waals surface area contributed by atoms with Gasteiger partial charge in [0.25, 0.3) is 5.91 Å². The highest BCUT2D eigenvalue weighted by Gasteiger charge is 2.52. The van der Waals surface area contributed by atoms with E-state index in [1.807, 2.05) is 0 Å². The van der Waals surface area contributed by atoms with Gasteiger partial charge in [-0.15, -0.1) is 23.2 Å². The van der Waals surface area contributed by atoms with E-state index >= 15 is 0 Å². The summed E-state index contributed by atoms with van der Waals surface area (Å²) in [5, 5.41) is 18.8. The summed E-state index contributed by atoms with van der Waals surface area (Å²) in [4.78, 5) is 25.1. The Morgan fingerprint density at radius 3 is 2.89 bits per heavy atom. The molecule has 1 aliphatic heterocycles. The summed E-state index contributed by atoms with van der Waals surface area (Å²) in [7, 11) is 0. The number of nitrogens with zero attached hydrogens (tertiary/aromatic N) is 1. The number of aryl methyl sites for hydroxylation is 1. The Hall–Kier alpha value is -2.24. The fourth-order valence-corrected chi connectivity index (χ4v) is 3.90. The Labute approximate surface area is 166 Å². The van der Waals surface area contributed by atoms with Gasteiger partial charge in [0, 0.05) is 24.3 Å². The maximum atomic E-state index is 13.9. The van der Waals surface area contributed by atoms with E-state index in [2.05, 4.69) is 11.8 Å². The second kappa shape index (κ2) is 9.80. The van der Waals surface area contributed by atoms with E-state index in [0.717, 1.165) is 21.1 Å². The maximum absolute atomic E-state index is 13.9. The largest absolute Gasteiger partial charge is 0.477 e. The molecule has 8 heteroatoms. The molecule has 0 saturated carbocycles. The van der Waals surface area contributed by atoms with Crippen LogP contribution in [0.5, 0.6) is 0 Å². The fraction of sp³-hybridized carbons (Fsp3) is 0.500. The Bertz CT molecular complexity index is 794. The zero-order chi connectivity index (χ0) is 20.7. The van der Waals surface area contributed by atoms with Crippen molar-refractivity contribution in [3.63, 3.8) is 0 Å². The molecule has 2 heterocycles. The first-order chi connectivity index (χ1) is 13.2. The average Bonchev–Trinajstić information content (AvgIpc) is 3.18. The zero-order valence-corrected chi connectivity index (χ0v) is 16.3. The molecule has 0 radical (unpaired) electrons. The topological polar surface area (TPSA) is 77.8 Å². The van der Waals surface area contributed by atoms with E-state index in [4.69, 9.17) is 5.11 Å². The van der Waals surface area contributed by atoms with Crippen molar-refractivity contribution in [3.05, 3.63) is 34.0 Å². The van der Waals surface area contributed by atoms with Gasteiger partial charge in [-0.05, 0) is 38.3 Å². The van der Waals surface area contributed by atoms with Gasteiger partial charge in [0.1, 0.15) is 4.88 Å². The van der Waals surface area contributed by atoms with Gasteiger partial charge >= 0.3 is 11.9 Å². The third-order valence-electron chi connectivity index (χ3n) is 4.43. The van der Waals surface area contributed by atoms with Crippen molar-refractivity contribution in [1.29, 1.82) is 0 Å². The summed E-state index contributed by atoms with van der Waals surface area (Å²) < 4.78 is 27.8. The zero-order valence-electron chi connectivity index (χ0n) is 15.5. The lowest BCUT2D eigenvalue weighted by atomic mass is 10.1. The van der Waals surface area contributed by atoms with Crippen LogP contribution in [-0.2, 0) is 11.2 Å². The van der Waals surface area contributed by atoms with Gasteiger partial charge in [-0.2, -0.15) is 8.78 Å². The molecule has 1 fully saturated rings. The number of hydrogen-bond acceptors (Lipinski definition) is 4. The number of amides is 1. The molecule has 152 valence electrons. The van der Waals surface area contributed by atoms with Crippen LogP contribution in [0.2, 0.25) is 0 Å². The molecule has 1 aliphatic rings. The summed E-state index contributed by atoms with van der Waals surface area (Å²) in [6, 6.07) is 2.43. The third kappa shape index (κ3) is 5.88. The fourth-order valence-electron chi connectivity index (χ4n) is 3.01. The second-order valence-corrected chi connectivity index (χ2v) is 7.74. The number of carbonyl (C=O) groups excluding carboxylic acids is 1. The standard InChI is InChI=1S/C20H23F2NO4S/c1-2-3-4-6-15(24)9-8-14-13-20(21,22)19(27)23(14)12-5-7-16-10-11-17(28-16)18(25)26/h8-11,14-15,24H,4-7,12-13H2,1H3,(H,25,26)/t14-,15-/m0/s1. The minimum atomic E-state index is -3.41. The van der Waals surface area contributed by atoms with Crippen molar-refractivity contribution >= 4 is 23.2 Å². The van der Waals surface area contributed by atoms with E-state index in [9.17, 15) is 23.5 Å². The molecule has 2 rings (SSSR count). The normalized spacial score (nSPS) is 19.6. The molecule has 1 aromatic rings. The van der Waals surface area contributed by atoms with Crippen LogP contribution in [0, 0.1) is 11.8 Å². The highest BCUT2D eigenvalue weighted by atomic mass is 32.1. The lowest BCUT2D eigenvalue weighted by Crippen LogP contribution is -2.36. The van der Waals surface area contributed by atoms with Crippen LogP contribution in [-0.4, -0.2) is 51.6 Å². The van der Waals surface area contributed by atoms with Gasteiger partial charge in [-0.1, -0.05) is 12.2 Å². The number of hydrogen-bond donors (Lipinski definition) is 2. The van der Waals surface area contributed by atoms with Crippen LogP contribution < -0.4 is 0 Å². The quantitative estimate of drug-likeness (QED) is 0.483. The average molecular weight is 411 g/mol. The Morgan fingerprint density at radius 1 is 1.50 bits per heavy atom. The summed E-state index contributed by atoms with van der Waals surface area (Å²) in [5.41, 5.74) is 0. The number of carboxylic acids is 1. The number of aliphatic hydroxyl groups is 1. The maximum Gasteiger partial charge on any atom is 0.345 e.